The van der Waals surface area contributed by atoms with Crippen LogP contribution in [0.25, 0.3) is 11.0 Å². The van der Waals surface area contributed by atoms with Gasteiger partial charge in [-0.2, -0.15) is 0 Å². The van der Waals surface area contributed by atoms with E-state index in [9.17, 15) is 9.90 Å². The van der Waals surface area contributed by atoms with E-state index in [1.54, 1.807) is 26.0 Å². The van der Waals surface area contributed by atoms with Gasteiger partial charge in [-0.05, 0) is 48.4 Å². The SMILES string of the molecule is CC1(C)Oc2cc3nonc3cc2C(NC(=O)CC(CBr)O[Si](C)(C)C(C)(C)C)C1O. The van der Waals surface area contributed by atoms with Crippen molar-refractivity contribution in [1.82, 2.24) is 15.6 Å². The van der Waals surface area contributed by atoms with Gasteiger partial charge in [-0.25, -0.2) is 4.63 Å². The monoisotopic (exact) mass is 513 g/mol. The maximum absolute atomic E-state index is 13.0. The fourth-order valence-electron chi connectivity index (χ4n) is 3.39. The standard InChI is InChI=1S/C21H32BrN3O5Si/c1-20(2,3)31(6,7)29-12(11-22)8-17(26)23-18-13-9-14-15(25-30-24-14)10-16(13)28-21(4,5)19(18)27/h9-10,12,18-19,27H,8,11H2,1-7H3,(H,23,26). The first-order valence-electron chi connectivity index (χ1n) is 10.4. The van der Waals surface area contributed by atoms with Gasteiger partial charge in [0.25, 0.3) is 0 Å². The first-order valence-corrected chi connectivity index (χ1v) is 14.4. The molecule has 2 N–H and O–H groups in total. The van der Waals surface area contributed by atoms with Crippen LogP contribution in [0.3, 0.4) is 0 Å². The third kappa shape index (κ3) is 4.97. The summed E-state index contributed by atoms with van der Waals surface area (Å²) >= 11 is 3.49. The Bertz CT molecular complexity index is 956. The van der Waals surface area contributed by atoms with Gasteiger partial charge in [0.05, 0.1) is 18.6 Å². The Morgan fingerprint density at radius 1 is 1.32 bits per heavy atom. The van der Waals surface area contributed by atoms with Crippen LogP contribution in [0.5, 0.6) is 5.75 Å². The predicted molar refractivity (Wildman–Crippen MR) is 124 cm³/mol. The van der Waals surface area contributed by atoms with E-state index in [4.69, 9.17) is 13.8 Å². The molecule has 3 atom stereocenters. The molecule has 0 bridgehead atoms. The van der Waals surface area contributed by atoms with E-state index in [-0.39, 0.29) is 23.5 Å². The molecule has 8 nitrogen and oxygen atoms in total. The molecule has 0 aliphatic carbocycles. The Hall–Kier alpha value is -1.49. The third-order valence-corrected chi connectivity index (χ3v) is 11.5. The van der Waals surface area contributed by atoms with Gasteiger partial charge in [0.2, 0.25) is 5.91 Å². The highest BCUT2D eigenvalue weighted by Gasteiger charge is 2.44. The van der Waals surface area contributed by atoms with Crippen LogP contribution in [0.15, 0.2) is 16.8 Å². The summed E-state index contributed by atoms with van der Waals surface area (Å²) < 4.78 is 17.2. The zero-order valence-electron chi connectivity index (χ0n) is 19.2. The van der Waals surface area contributed by atoms with Crippen molar-refractivity contribution in [3.8, 4) is 5.75 Å². The number of hydrogen-bond donors (Lipinski definition) is 2. The van der Waals surface area contributed by atoms with Gasteiger partial charge in [0, 0.05) is 17.0 Å². The van der Waals surface area contributed by atoms with Gasteiger partial charge in [0.15, 0.2) is 8.32 Å². The Kier molecular flexibility index (Phi) is 6.59. The quantitative estimate of drug-likeness (QED) is 0.442. The number of halogens is 1. The molecular formula is C21H32BrN3O5Si. The molecule has 2 heterocycles. The van der Waals surface area contributed by atoms with Gasteiger partial charge in [-0.1, -0.05) is 36.7 Å². The van der Waals surface area contributed by atoms with Crippen molar-refractivity contribution < 1.29 is 23.7 Å². The highest BCUT2D eigenvalue weighted by atomic mass is 79.9. The largest absolute Gasteiger partial charge is 0.485 e. The zero-order chi connectivity index (χ0) is 23.2. The molecule has 10 heteroatoms. The number of rotatable bonds is 6. The van der Waals surface area contributed by atoms with E-state index in [0.29, 0.717) is 27.7 Å². The van der Waals surface area contributed by atoms with Crippen molar-refractivity contribution in [2.75, 3.05) is 5.33 Å². The van der Waals surface area contributed by atoms with E-state index in [2.05, 4.69) is 65.4 Å². The van der Waals surface area contributed by atoms with E-state index >= 15 is 0 Å². The summed E-state index contributed by atoms with van der Waals surface area (Å²) in [5.41, 5.74) is 0.831. The maximum atomic E-state index is 13.0. The number of hydrogen-bond acceptors (Lipinski definition) is 7. The average molecular weight is 514 g/mol. The molecule has 1 amide bonds. The van der Waals surface area contributed by atoms with Crippen molar-refractivity contribution in [2.24, 2.45) is 0 Å². The second-order valence-corrected chi connectivity index (χ2v) is 15.6. The number of aromatic nitrogens is 2. The summed E-state index contributed by atoms with van der Waals surface area (Å²) in [5.74, 6) is 0.340. The molecule has 0 radical (unpaired) electrons. The number of carbonyl (C=O) groups excluding carboxylic acids is 1. The Morgan fingerprint density at radius 2 is 1.94 bits per heavy atom. The van der Waals surface area contributed by atoms with Gasteiger partial charge in [-0.3, -0.25) is 4.79 Å². The molecule has 3 rings (SSSR count). The van der Waals surface area contributed by atoms with Crippen LogP contribution < -0.4 is 10.1 Å². The maximum Gasteiger partial charge on any atom is 0.223 e. The number of carbonyl (C=O) groups is 1. The van der Waals surface area contributed by atoms with Crippen LogP contribution in [0, 0.1) is 0 Å². The molecule has 1 aliphatic rings. The summed E-state index contributed by atoms with van der Waals surface area (Å²) in [7, 11) is -2.03. The van der Waals surface area contributed by atoms with Gasteiger partial charge >= 0.3 is 0 Å². The molecule has 0 spiro atoms. The fraction of sp³-hybridized carbons (Fsp3) is 0.667. The molecule has 172 valence electrons. The number of alkyl halides is 1. The molecule has 0 fully saturated rings. The van der Waals surface area contributed by atoms with Crippen molar-refractivity contribution in [3.63, 3.8) is 0 Å². The average Bonchev–Trinajstić information content (AvgIpc) is 3.09. The van der Waals surface area contributed by atoms with Crippen LogP contribution in [0.1, 0.15) is 52.6 Å². The highest BCUT2D eigenvalue weighted by molar-refractivity contribution is 9.09. The Balaban J connectivity index is 1.81. The summed E-state index contributed by atoms with van der Waals surface area (Å²) in [4.78, 5) is 13.0. The molecule has 2 aromatic rings. The first kappa shape index (κ1) is 24.2. The number of amides is 1. The third-order valence-electron chi connectivity index (χ3n) is 6.29. The van der Waals surface area contributed by atoms with Crippen molar-refractivity contribution >= 4 is 41.2 Å². The van der Waals surface area contributed by atoms with Gasteiger partial charge in [-0.15, -0.1) is 0 Å². The second kappa shape index (κ2) is 8.46. The minimum atomic E-state index is -2.03. The number of nitrogens with one attached hydrogen (secondary N) is 1. The number of aliphatic hydroxyl groups excluding tert-OH is 1. The molecule has 1 aromatic carbocycles. The van der Waals surface area contributed by atoms with Crippen molar-refractivity contribution in [1.29, 1.82) is 0 Å². The number of nitrogens with zero attached hydrogens (tertiary/aromatic N) is 2. The van der Waals surface area contributed by atoms with E-state index in [1.165, 1.54) is 0 Å². The van der Waals surface area contributed by atoms with E-state index < -0.39 is 26.1 Å². The lowest BCUT2D eigenvalue weighted by atomic mass is 9.86. The van der Waals surface area contributed by atoms with Crippen LogP contribution in [-0.4, -0.2) is 52.8 Å². The second-order valence-electron chi connectivity index (χ2n) is 10.2. The molecule has 0 saturated carbocycles. The normalized spacial score (nSPS) is 22.0. The fourth-order valence-corrected chi connectivity index (χ4v) is 5.35. The van der Waals surface area contributed by atoms with Crippen LogP contribution >= 0.6 is 15.9 Å². The summed E-state index contributed by atoms with van der Waals surface area (Å²) in [6, 6.07) is 2.80. The zero-order valence-corrected chi connectivity index (χ0v) is 21.7. The number of ether oxygens (including phenoxy) is 1. The Labute approximate surface area is 192 Å². The van der Waals surface area contributed by atoms with E-state index in [1.807, 2.05) is 0 Å². The molecule has 1 aromatic heterocycles. The first-order chi connectivity index (χ1) is 14.2. The highest BCUT2D eigenvalue weighted by Crippen LogP contribution is 2.42. The van der Waals surface area contributed by atoms with Crippen LogP contribution in [0.4, 0.5) is 0 Å². The molecule has 1 aliphatic heterocycles. The lowest BCUT2D eigenvalue weighted by Gasteiger charge is -2.42. The minimum absolute atomic E-state index is 0.0424. The van der Waals surface area contributed by atoms with Crippen molar-refractivity contribution in [2.45, 2.75) is 83.0 Å². The van der Waals surface area contributed by atoms with Crippen LogP contribution in [0.2, 0.25) is 18.1 Å². The minimum Gasteiger partial charge on any atom is -0.485 e. The number of benzene rings is 1. The van der Waals surface area contributed by atoms with Crippen LogP contribution in [-0.2, 0) is 9.22 Å². The van der Waals surface area contributed by atoms with Crippen molar-refractivity contribution in [3.05, 3.63) is 17.7 Å². The molecule has 3 unspecified atom stereocenters. The number of fused-ring (bicyclic) bond motifs is 2. The summed E-state index contributed by atoms with van der Waals surface area (Å²) in [5, 5.41) is 22.3. The predicted octanol–water partition coefficient (Wildman–Crippen LogP) is 4.09. The summed E-state index contributed by atoms with van der Waals surface area (Å²) in [6.07, 6.45) is -1.02. The van der Waals surface area contributed by atoms with Gasteiger partial charge in [0.1, 0.15) is 28.5 Å². The number of aliphatic hydroxyl groups is 1. The lowest BCUT2D eigenvalue weighted by Crippen LogP contribution is -2.54. The molecule has 0 saturated heterocycles. The molecule has 31 heavy (non-hydrogen) atoms. The lowest BCUT2D eigenvalue weighted by molar-refractivity contribution is -0.127. The summed E-state index contributed by atoms with van der Waals surface area (Å²) in [6.45, 7) is 14.4. The Morgan fingerprint density at radius 3 is 2.52 bits per heavy atom. The smallest absolute Gasteiger partial charge is 0.223 e. The van der Waals surface area contributed by atoms with Gasteiger partial charge < -0.3 is 19.6 Å². The topological polar surface area (TPSA) is 107 Å². The van der Waals surface area contributed by atoms with E-state index in [0.717, 1.165) is 0 Å². The molecular weight excluding hydrogens is 482 g/mol.